The van der Waals surface area contributed by atoms with E-state index < -0.39 is 23.3 Å². The van der Waals surface area contributed by atoms with Crippen LogP contribution >= 0.6 is 0 Å². The first-order valence-corrected chi connectivity index (χ1v) is 5.55. The van der Waals surface area contributed by atoms with Crippen molar-refractivity contribution >= 4 is 0 Å². The normalized spacial score (nSPS) is 14.6. The molecule has 1 unspecified atom stereocenters. The predicted molar refractivity (Wildman–Crippen MR) is 63.1 cm³/mol. The van der Waals surface area contributed by atoms with E-state index in [1.807, 2.05) is 20.8 Å². The molecule has 0 aliphatic carbocycles. The van der Waals surface area contributed by atoms with Crippen LogP contribution in [0, 0.1) is 5.41 Å². The molecule has 0 saturated heterocycles. The SMILES string of the molecule is CC(C)(C)C(N)Cn1cc(C(F)(F)F)ccc1=O. The smallest absolute Gasteiger partial charge is 0.326 e. The zero-order valence-corrected chi connectivity index (χ0v) is 10.6. The highest BCUT2D eigenvalue weighted by atomic mass is 19.4. The first-order chi connectivity index (χ1) is 8.01. The Bertz CT molecular complexity index is 471. The lowest BCUT2D eigenvalue weighted by molar-refractivity contribution is -0.138. The predicted octanol–water partition coefficient (Wildman–Crippen LogP) is 2.24. The summed E-state index contributed by atoms with van der Waals surface area (Å²) in [6, 6.07) is 1.29. The van der Waals surface area contributed by atoms with Gasteiger partial charge in [0.1, 0.15) is 0 Å². The second kappa shape index (κ2) is 4.76. The number of hydrogen-bond donors (Lipinski definition) is 1. The summed E-state index contributed by atoms with van der Waals surface area (Å²) in [4.78, 5) is 11.5. The van der Waals surface area contributed by atoms with Crippen LogP contribution in [0.4, 0.5) is 13.2 Å². The Morgan fingerprint density at radius 3 is 2.28 bits per heavy atom. The average molecular weight is 262 g/mol. The topological polar surface area (TPSA) is 48.0 Å². The van der Waals surface area contributed by atoms with E-state index in [0.29, 0.717) is 0 Å². The molecule has 0 fully saturated rings. The Kier molecular flexibility index (Phi) is 3.90. The second-order valence-corrected chi connectivity index (χ2v) is 5.38. The van der Waals surface area contributed by atoms with Gasteiger partial charge in [0, 0.05) is 24.8 Å². The van der Waals surface area contributed by atoms with Gasteiger partial charge in [-0.25, -0.2) is 0 Å². The zero-order chi connectivity index (χ0) is 14.1. The van der Waals surface area contributed by atoms with Crippen LogP contribution in [0.1, 0.15) is 26.3 Å². The third-order valence-electron chi connectivity index (χ3n) is 2.82. The number of rotatable bonds is 2. The standard InChI is InChI=1S/C12H17F3N2O/c1-11(2,3)9(16)7-17-6-8(12(13,14)15)4-5-10(17)18/h4-6,9H,7,16H2,1-3H3. The van der Waals surface area contributed by atoms with Crippen molar-refractivity contribution in [1.82, 2.24) is 4.57 Å². The van der Waals surface area contributed by atoms with Crippen molar-refractivity contribution in [3.8, 4) is 0 Å². The number of hydrogen-bond acceptors (Lipinski definition) is 2. The molecule has 0 aliphatic rings. The summed E-state index contributed by atoms with van der Waals surface area (Å²) in [6.45, 7) is 5.68. The third kappa shape index (κ3) is 3.60. The number of pyridine rings is 1. The molecule has 1 aromatic rings. The van der Waals surface area contributed by atoms with Gasteiger partial charge < -0.3 is 10.3 Å². The highest BCUT2D eigenvalue weighted by Crippen LogP contribution is 2.28. The van der Waals surface area contributed by atoms with Gasteiger partial charge in [-0.15, -0.1) is 0 Å². The lowest BCUT2D eigenvalue weighted by atomic mass is 9.87. The van der Waals surface area contributed by atoms with Gasteiger partial charge in [-0.3, -0.25) is 4.79 Å². The molecule has 0 amide bonds. The molecule has 1 heterocycles. The van der Waals surface area contributed by atoms with Crippen molar-refractivity contribution in [2.75, 3.05) is 0 Å². The summed E-state index contributed by atoms with van der Waals surface area (Å²) in [5.74, 6) is 0. The van der Waals surface area contributed by atoms with E-state index in [1.165, 1.54) is 0 Å². The van der Waals surface area contributed by atoms with Crippen molar-refractivity contribution in [2.45, 2.75) is 39.5 Å². The van der Waals surface area contributed by atoms with Crippen LogP contribution in [0.2, 0.25) is 0 Å². The van der Waals surface area contributed by atoms with Crippen LogP contribution in [0.3, 0.4) is 0 Å². The maximum atomic E-state index is 12.5. The zero-order valence-electron chi connectivity index (χ0n) is 10.6. The number of alkyl halides is 3. The number of nitrogens with zero attached hydrogens (tertiary/aromatic N) is 1. The van der Waals surface area contributed by atoms with E-state index in [9.17, 15) is 18.0 Å². The molecular formula is C12H17F3N2O. The van der Waals surface area contributed by atoms with E-state index in [1.54, 1.807) is 0 Å². The molecule has 18 heavy (non-hydrogen) atoms. The monoisotopic (exact) mass is 262 g/mol. The first-order valence-electron chi connectivity index (χ1n) is 5.55. The number of nitrogens with two attached hydrogens (primary N) is 1. The molecule has 0 radical (unpaired) electrons. The maximum absolute atomic E-state index is 12.5. The lowest BCUT2D eigenvalue weighted by Crippen LogP contribution is -2.41. The summed E-state index contributed by atoms with van der Waals surface area (Å²) in [6.07, 6.45) is -3.64. The van der Waals surface area contributed by atoms with E-state index >= 15 is 0 Å². The minimum atomic E-state index is -4.46. The molecule has 1 aromatic heterocycles. The van der Waals surface area contributed by atoms with Crippen molar-refractivity contribution < 1.29 is 13.2 Å². The molecule has 2 N–H and O–H groups in total. The molecule has 0 bridgehead atoms. The fraction of sp³-hybridized carbons (Fsp3) is 0.583. The third-order valence-corrected chi connectivity index (χ3v) is 2.82. The number of aromatic nitrogens is 1. The molecule has 6 heteroatoms. The summed E-state index contributed by atoms with van der Waals surface area (Å²) in [5, 5.41) is 0. The Hall–Kier alpha value is -1.30. The minimum absolute atomic E-state index is 0.0618. The first kappa shape index (κ1) is 14.8. The van der Waals surface area contributed by atoms with Gasteiger partial charge in [0.25, 0.3) is 5.56 Å². The van der Waals surface area contributed by atoms with Crippen molar-refractivity contribution in [1.29, 1.82) is 0 Å². The van der Waals surface area contributed by atoms with E-state index in [2.05, 4.69) is 0 Å². The molecule has 1 atom stereocenters. The summed E-state index contributed by atoms with van der Waals surface area (Å²) >= 11 is 0. The van der Waals surface area contributed by atoms with Gasteiger partial charge in [-0.05, 0) is 11.5 Å². The molecule has 0 aromatic carbocycles. The van der Waals surface area contributed by atoms with Crippen LogP contribution in [0.5, 0.6) is 0 Å². The van der Waals surface area contributed by atoms with Gasteiger partial charge in [0.05, 0.1) is 5.56 Å². The molecule has 3 nitrogen and oxygen atoms in total. The Balaban J connectivity index is 3.07. The summed E-state index contributed by atoms with van der Waals surface area (Å²) in [7, 11) is 0. The minimum Gasteiger partial charge on any atom is -0.326 e. The van der Waals surface area contributed by atoms with Gasteiger partial charge in [0.2, 0.25) is 0 Å². The van der Waals surface area contributed by atoms with Gasteiger partial charge in [0.15, 0.2) is 0 Å². The van der Waals surface area contributed by atoms with E-state index in [4.69, 9.17) is 5.73 Å². The Morgan fingerprint density at radius 2 is 1.83 bits per heavy atom. The fourth-order valence-corrected chi connectivity index (χ4v) is 1.33. The Labute approximate surface area is 103 Å². The molecule has 102 valence electrons. The van der Waals surface area contributed by atoms with Crippen molar-refractivity contribution in [2.24, 2.45) is 11.1 Å². The highest BCUT2D eigenvalue weighted by molar-refractivity contribution is 5.13. The van der Waals surface area contributed by atoms with Gasteiger partial charge >= 0.3 is 6.18 Å². The average Bonchev–Trinajstić information content (AvgIpc) is 2.18. The maximum Gasteiger partial charge on any atom is 0.417 e. The van der Waals surface area contributed by atoms with E-state index in [0.717, 1.165) is 22.9 Å². The van der Waals surface area contributed by atoms with Crippen molar-refractivity contribution in [3.05, 3.63) is 34.2 Å². The Morgan fingerprint density at radius 1 is 1.28 bits per heavy atom. The van der Waals surface area contributed by atoms with Crippen LogP contribution in [-0.4, -0.2) is 10.6 Å². The largest absolute Gasteiger partial charge is 0.417 e. The fourth-order valence-electron chi connectivity index (χ4n) is 1.33. The van der Waals surface area contributed by atoms with Crippen molar-refractivity contribution in [3.63, 3.8) is 0 Å². The van der Waals surface area contributed by atoms with Gasteiger partial charge in [-0.2, -0.15) is 13.2 Å². The van der Waals surface area contributed by atoms with Crippen LogP contribution in [0.15, 0.2) is 23.1 Å². The quantitative estimate of drug-likeness (QED) is 0.888. The second-order valence-electron chi connectivity index (χ2n) is 5.38. The molecule has 0 spiro atoms. The molecule has 1 rings (SSSR count). The van der Waals surface area contributed by atoms with Crippen LogP contribution in [0.25, 0.3) is 0 Å². The lowest BCUT2D eigenvalue weighted by Gasteiger charge is -2.27. The molecule has 0 saturated carbocycles. The van der Waals surface area contributed by atoms with E-state index in [-0.39, 0.29) is 12.0 Å². The number of halogens is 3. The highest BCUT2D eigenvalue weighted by Gasteiger charge is 2.31. The molecular weight excluding hydrogens is 245 g/mol. The summed E-state index contributed by atoms with van der Waals surface area (Å²) in [5.41, 5.74) is 4.26. The summed E-state index contributed by atoms with van der Waals surface area (Å²) < 4.78 is 38.6. The van der Waals surface area contributed by atoms with Gasteiger partial charge in [-0.1, -0.05) is 20.8 Å². The van der Waals surface area contributed by atoms with Crippen LogP contribution in [-0.2, 0) is 12.7 Å². The van der Waals surface area contributed by atoms with Crippen LogP contribution < -0.4 is 11.3 Å². The molecule has 0 aliphatic heterocycles.